The van der Waals surface area contributed by atoms with Crippen LogP contribution in [0.2, 0.25) is 0 Å². The lowest BCUT2D eigenvalue weighted by Crippen LogP contribution is -2.22. The molecule has 0 fully saturated rings. The molecule has 0 aliphatic rings. The zero-order chi connectivity index (χ0) is 18.9. The lowest BCUT2D eigenvalue weighted by atomic mass is 10.3. The van der Waals surface area contributed by atoms with Crippen LogP contribution in [0.15, 0.2) is 46.6 Å². The van der Waals surface area contributed by atoms with E-state index in [1.807, 2.05) is 0 Å². The number of anilines is 2. The zero-order valence-electron chi connectivity index (χ0n) is 14.0. The third kappa shape index (κ3) is 5.24. The van der Waals surface area contributed by atoms with E-state index in [-0.39, 0.29) is 36.2 Å². The van der Waals surface area contributed by atoms with Gasteiger partial charge in [0.1, 0.15) is 17.2 Å². The second-order valence-electron chi connectivity index (χ2n) is 4.81. The molecule has 0 spiro atoms. The lowest BCUT2D eigenvalue weighted by Gasteiger charge is -2.06. The second-order valence-corrected chi connectivity index (χ2v) is 4.81. The monoisotopic (exact) mass is 358 g/mol. The first kappa shape index (κ1) is 18.8. The van der Waals surface area contributed by atoms with Gasteiger partial charge in [-0.15, -0.1) is 10.2 Å². The molecule has 10 nitrogen and oxygen atoms in total. The molecule has 0 radical (unpaired) electrons. The molecule has 136 valence electrons. The highest BCUT2D eigenvalue weighted by molar-refractivity contribution is 5.91. The standard InChI is InChI=1S/C16H18N6O4/c1-2-25-16(24)26-12-6-4-3-5-10(12)21-22-11-7-8-13(20-15(11)18)19-14(23)9-17/h3-8H,2,9,17H2,1H3,(H3,18,19,20,23)/b22-21+. The smallest absolute Gasteiger partial charge is 0.434 e. The van der Waals surface area contributed by atoms with Crippen molar-refractivity contribution in [1.82, 2.24) is 4.98 Å². The number of amides is 1. The number of ether oxygens (including phenoxy) is 2. The Bertz CT molecular complexity index is 824. The summed E-state index contributed by atoms with van der Waals surface area (Å²) in [6.07, 6.45) is -0.837. The van der Waals surface area contributed by atoms with Crippen LogP contribution in [-0.4, -0.2) is 30.2 Å². The third-order valence-corrected chi connectivity index (χ3v) is 2.94. The van der Waals surface area contributed by atoms with Crippen LogP contribution >= 0.6 is 0 Å². The summed E-state index contributed by atoms with van der Waals surface area (Å²) in [5, 5.41) is 10.5. The Labute approximate surface area is 149 Å². The van der Waals surface area contributed by atoms with Crippen molar-refractivity contribution in [3.8, 4) is 5.75 Å². The average molecular weight is 358 g/mol. The molecule has 0 atom stereocenters. The maximum Gasteiger partial charge on any atom is 0.513 e. The van der Waals surface area contributed by atoms with E-state index < -0.39 is 12.1 Å². The minimum absolute atomic E-state index is 0.0624. The molecule has 0 bridgehead atoms. The summed E-state index contributed by atoms with van der Waals surface area (Å²) < 4.78 is 9.79. The number of rotatable bonds is 6. The van der Waals surface area contributed by atoms with Gasteiger partial charge in [-0.25, -0.2) is 9.78 Å². The number of hydrogen-bond donors (Lipinski definition) is 3. The van der Waals surface area contributed by atoms with Crippen molar-refractivity contribution < 1.29 is 19.1 Å². The van der Waals surface area contributed by atoms with Crippen molar-refractivity contribution in [2.24, 2.45) is 16.0 Å². The van der Waals surface area contributed by atoms with Crippen LogP contribution in [0.4, 0.5) is 27.8 Å². The van der Waals surface area contributed by atoms with Crippen molar-refractivity contribution in [1.29, 1.82) is 0 Å². The van der Waals surface area contributed by atoms with E-state index in [1.165, 1.54) is 12.1 Å². The maximum atomic E-state index is 11.5. The summed E-state index contributed by atoms with van der Waals surface area (Å²) in [5.41, 5.74) is 11.6. The fraction of sp³-hybridized carbons (Fsp3) is 0.188. The molecule has 0 aliphatic heterocycles. The molecule has 26 heavy (non-hydrogen) atoms. The lowest BCUT2D eigenvalue weighted by molar-refractivity contribution is -0.114. The van der Waals surface area contributed by atoms with Gasteiger partial charge in [-0.3, -0.25) is 4.79 Å². The normalized spacial score (nSPS) is 10.5. The Morgan fingerprint density at radius 2 is 1.88 bits per heavy atom. The molecule has 2 rings (SSSR count). The molecule has 0 saturated carbocycles. The molecular formula is C16H18N6O4. The predicted molar refractivity (Wildman–Crippen MR) is 94.6 cm³/mol. The van der Waals surface area contributed by atoms with E-state index >= 15 is 0 Å². The summed E-state index contributed by atoms with van der Waals surface area (Å²) in [5.74, 6) is 0.111. The van der Waals surface area contributed by atoms with Gasteiger partial charge in [-0.1, -0.05) is 12.1 Å². The molecule has 1 heterocycles. The van der Waals surface area contributed by atoms with Crippen LogP contribution in [0.25, 0.3) is 0 Å². The highest BCUT2D eigenvalue weighted by atomic mass is 16.7. The minimum Gasteiger partial charge on any atom is -0.434 e. The van der Waals surface area contributed by atoms with Gasteiger partial charge in [0.05, 0.1) is 13.2 Å². The van der Waals surface area contributed by atoms with E-state index in [2.05, 4.69) is 20.5 Å². The van der Waals surface area contributed by atoms with Gasteiger partial charge in [0.2, 0.25) is 5.91 Å². The number of hydrogen-bond acceptors (Lipinski definition) is 9. The summed E-state index contributed by atoms with van der Waals surface area (Å²) in [6.45, 7) is 1.69. The first-order valence-electron chi connectivity index (χ1n) is 7.65. The molecule has 10 heteroatoms. The average Bonchev–Trinajstić information content (AvgIpc) is 2.62. The fourth-order valence-electron chi connectivity index (χ4n) is 1.79. The topological polar surface area (TPSA) is 154 Å². The molecule has 0 saturated heterocycles. The van der Waals surface area contributed by atoms with Crippen molar-refractivity contribution in [2.45, 2.75) is 6.92 Å². The van der Waals surface area contributed by atoms with Crippen LogP contribution in [0.1, 0.15) is 6.92 Å². The molecule has 0 unspecified atom stereocenters. The maximum absolute atomic E-state index is 11.5. The number of aromatic nitrogens is 1. The van der Waals surface area contributed by atoms with Crippen LogP contribution in [0, 0.1) is 0 Å². The second kappa shape index (κ2) is 9.08. The summed E-state index contributed by atoms with van der Waals surface area (Å²) in [7, 11) is 0. The number of para-hydroxylation sites is 1. The van der Waals surface area contributed by atoms with Crippen molar-refractivity contribution in [2.75, 3.05) is 24.2 Å². The Morgan fingerprint density at radius 3 is 2.58 bits per heavy atom. The first-order chi connectivity index (χ1) is 12.5. The number of benzene rings is 1. The molecule has 1 aromatic carbocycles. The molecule has 0 aliphatic carbocycles. The van der Waals surface area contributed by atoms with Crippen molar-refractivity contribution in [3.63, 3.8) is 0 Å². The third-order valence-electron chi connectivity index (χ3n) is 2.94. The highest BCUT2D eigenvalue weighted by Crippen LogP contribution is 2.30. The summed E-state index contributed by atoms with van der Waals surface area (Å²) in [4.78, 5) is 26.7. The number of carbonyl (C=O) groups excluding carboxylic acids is 2. The van der Waals surface area contributed by atoms with Gasteiger partial charge < -0.3 is 26.3 Å². The van der Waals surface area contributed by atoms with Crippen LogP contribution in [0.3, 0.4) is 0 Å². The largest absolute Gasteiger partial charge is 0.513 e. The summed E-state index contributed by atoms with van der Waals surface area (Å²) >= 11 is 0. The van der Waals surface area contributed by atoms with Gasteiger partial charge in [0, 0.05) is 0 Å². The van der Waals surface area contributed by atoms with E-state index in [1.54, 1.807) is 31.2 Å². The van der Waals surface area contributed by atoms with E-state index in [0.717, 1.165) is 0 Å². The SMILES string of the molecule is CCOC(=O)Oc1ccccc1/N=N/c1ccc(NC(=O)CN)nc1N. The first-order valence-corrected chi connectivity index (χ1v) is 7.65. The predicted octanol–water partition coefficient (Wildman–Crippen LogP) is 2.51. The number of nitrogens with one attached hydrogen (secondary N) is 1. The molecule has 5 N–H and O–H groups in total. The molecular weight excluding hydrogens is 340 g/mol. The quantitative estimate of drug-likeness (QED) is 0.407. The number of carbonyl (C=O) groups is 2. The number of pyridine rings is 1. The Hall–Kier alpha value is -3.53. The number of azo groups is 1. The summed E-state index contributed by atoms with van der Waals surface area (Å²) in [6, 6.07) is 9.60. The molecule has 1 amide bonds. The van der Waals surface area contributed by atoms with Crippen molar-refractivity contribution >= 4 is 35.1 Å². The van der Waals surface area contributed by atoms with Gasteiger partial charge in [-0.05, 0) is 31.2 Å². The van der Waals surface area contributed by atoms with Crippen LogP contribution < -0.4 is 21.5 Å². The molecule has 2 aromatic rings. The number of nitrogens with zero attached hydrogens (tertiary/aromatic N) is 3. The zero-order valence-corrected chi connectivity index (χ0v) is 14.0. The minimum atomic E-state index is -0.837. The van der Waals surface area contributed by atoms with Gasteiger partial charge >= 0.3 is 6.16 Å². The van der Waals surface area contributed by atoms with Gasteiger partial charge in [0.25, 0.3) is 0 Å². The Balaban J connectivity index is 2.17. The Morgan fingerprint density at radius 1 is 1.15 bits per heavy atom. The fourth-order valence-corrected chi connectivity index (χ4v) is 1.79. The van der Waals surface area contributed by atoms with E-state index in [9.17, 15) is 9.59 Å². The Kier molecular flexibility index (Phi) is 6.57. The van der Waals surface area contributed by atoms with Gasteiger partial charge in [-0.2, -0.15) is 0 Å². The van der Waals surface area contributed by atoms with Crippen molar-refractivity contribution in [3.05, 3.63) is 36.4 Å². The highest BCUT2D eigenvalue weighted by Gasteiger charge is 2.10. The van der Waals surface area contributed by atoms with E-state index in [0.29, 0.717) is 5.69 Å². The number of nitrogen functional groups attached to an aromatic ring is 1. The molecule has 1 aromatic heterocycles. The van der Waals surface area contributed by atoms with Crippen LogP contribution in [-0.2, 0) is 9.53 Å². The van der Waals surface area contributed by atoms with E-state index in [4.69, 9.17) is 20.9 Å². The van der Waals surface area contributed by atoms with Gasteiger partial charge in [0.15, 0.2) is 11.6 Å². The number of nitrogens with two attached hydrogens (primary N) is 2. The van der Waals surface area contributed by atoms with Crippen LogP contribution in [0.5, 0.6) is 5.75 Å².